The number of amides is 1. The van der Waals surface area contributed by atoms with Gasteiger partial charge in [0.05, 0.1) is 16.6 Å². The van der Waals surface area contributed by atoms with Crippen molar-refractivity contribution in [2.75, 3.05) is 19.6 Å². The number of nitrogens with zero attached hydrogens (tertiary/aromatic N) is 1. The standard InChI is InChI=1S/C15H21Cl2N3O/c1-10(12-3-2-4-13(16)15(12)17)19-11-5-7-20(8-6-11)9-14(18)21/h2-4,10-11,19H,5-9H2,1H3,(H2,18,21). The quantitative estimate of drug-likeness (QED) is 0.872. The third-order valence-electron chi connectivity index (χ3n) is 3.90. The molecule has 1 saturated heterocycles. The fourth-order valence-electron chi connectivity index (χ4n) is 2.78. The number of carbonyl (C=O) groups excluding carboxylic acids is 1. The predicted octanol–water partition coefficient (Wildman–Crippen LogP) is 2.59. The number of likely N-dealkylation sites (tertiary alicyclic amines) is 1. The zero-order valence-electron chi connectivity index (χ0n) is 12.1. The van der Waals surface area contributed by atoms with Crippen LogP contribution in [0.25, 0.3) is 0 Å². The average molecular weight is 330 g/mol. The van der Waals surface area contributed by atoms with Crippen molar-refractivity contribution in [3.05, 3.63) is 33.8 Å². The highest BCUT2D eigenvalue weighted by Crippen LogP contribution is 2.30. The van der Waals surface area contributed by atoms with Crippen molar-refractivity contribution < 1.29 is 4.79 Å². The lowest BCUT2D eigenvalue weighted by atomic mass is 10.0. The lowest BCUT2D eigenvalue weighted by molar-refractivity contribution is -0.119. The van der Waals surface area contributed by atoms with Crippen molar-refractivity contribution in [3.8, 4) is 0 Å². The molecule has 0 spiro atoms. The fourth-order valence-corrected chi connectivity index (χ4v) is 3.25. The van der Waals surface area contributed by atoms with Crippen molar-refractivity contribution in [1.29, 1.82) is 0 Å². The van der Waals surface area contributed by atoms with Crippen LogP contribution in [0.3, 0.4) is 0 Å². The smallest absolute Gasteiger partial charge is 0.231 e. The lowest BCUT2D eigenvalue weighted by Crippen LogP contribution is -2.45. The van der Waals surface area contributed by atoms with Crippen LogP contribution in [-0.2, 0) is 4.79 Å². The Hall–Kier alpha value is -0.810. The minimum absolute atomic E-state index is 0.142. The minimum atomic E-state index is -0.263. The molecule has 6 heteroatoms. The van der Waals surface area contributed by atoms with Crippen LogP contribution in [0.15, 0.2) is 18.2 Å². The van der Waals surface area contributed by atoms with E-state index in [1.165, 1.54) is 0 Å². The molecule has 1 atom stereocenters. The molecular weight excluding hydrogens is 309 g/mol. The Balaban J connectivity index is 1.88. The molecule has 1 aliphatic heterocycles. The molecule has 0 bridgehead atoms. The Morgan fingerprint density at radius 3 is 2.71 bits per heavy atom. The van der Waals surface area contributed by atoms with E-state index >= 15 is 0 Å². The van der Waals surface area contributed by atoms with Crippen molar-refractivity contribution >= 4 is 29.1 Å². The maximum Gasteiger partial charge on any atom is 0.231 e. The highest BCUT2D eigenvalue weighted by atomic mass is 35.5. The molecule has 1 aromatic rings. The van der Waals surface area contributed by atoms with Gasteiger partial charge in [0.1, 0.15) is 0 Å². The van der Waals surface area contributed by atoms with Crippen molar-refractivity contribution in [2.45, 2.75) is 31.8 Å². The van der Waals surface area contributed by atoms with E-state index in [-0.39, 0.29) is 11.9 Å². The van der Waals surface area contributed by atoms with Gasteiger partial charge in [0.15, 0.2) is 0 Å². The van der Waals surface area contributed by atoms with E-state index in [2.05, 4.69) is 17.1 Å². The van der Waals surface area contributed by atoms with Gasteiger partial charge in [0.2, 0.25) is 5.91 Å². The first-order chi connectivity index (χ1) is 9.97. The molecule has 3 N–H and O–H groups in total. The zero-order chi connectivity index (χ0) is 15.4. The average Bonchev–Trinajstić information content (AvgIpc) is 2.43. The molecule has 1 unspecified atom stereocenters. The van der Waals surface area contributed by atoms with Crippen LogP contribution in [0.1, 0.15) is 31.4 Å². The summed E-state index contributed by atoms with van der Waals surface area (Å²) in [7, 11) is 0. The molecule has 116 valence electrons. The Kier molecular flexibility index (Phi) is 5.88. The summed E-state index contributed by atoms with van der Waals surface area (Å²) in [5.41, 5.74) is 6.24. The summed E-state index contributed by atoms with van der Waals surface area (Å²) in [4.78, 5) is 13.0. The van der Waals surface area contributed by atoms with Gasteiger partial charge in [-0.3, -0.25) is 9.69 Å². The second-order valence-corrected chi connectivity index (χ2v) is 6.33. The maximum atomic E-state index is 10.9. The van der Waals surface area contributed by atoms with Gasteiger partial charge in [-0.25, -0.2) is 0 Å². The summed E-state index contributed by atoms with van der Waals surface area (Å²) >= 11 is 12.3. The van der Waals surface area contributed by atoms with E-state index in [1.54, 1.807) is 6.07 Å². The summed E-state index contributed by atoms with van der Waals surface area (Å²) < 4.78 is 0. The monoisotopic (exact) mass is 329 g/mol. The molecule has 1 aromatic carbocycles. The van der Waals surface area contributed by atoms with Gasteiger partial charge >= 0.3 is 0 Å². The van der Waals surface area contributed by atoms with Gasteiger partial charge < -0.3 is 11.1 Å². The number of rotatable bonds is 5. The van der Waals surface area contributed by atoms with Crippen molar-refractivity contribution in [1.82, 2.24) is 10.2 Å². The summed E-state index contributed by atoms with van der Waals surface area (Å²) in [5, 5.41) is 4.79. The Labute approximate surface area is 135 Å². The van der Waals surface area contributed by atoms with E-state index in [9.17, 15) is 4.79 Å². The first-order valence-electron chi connectivity index (χ1n) is 7.18. The van der Waals surface area contributed by atoms with Crippen molar-refractivity contribution in [3.63, 3.8) is 0 Å². The first-order valence-corrected chi connectivity index (χ1v) is 7.93. The molecule has 0 aromatic heterocycles. The number of halogens is 2. The molecule has 0 radical (unpaired) electrons. The summed E-state index contributed by atoms with van der Waals surface area (Å²) in [5.74, 6) is -0.263. The van der Waals surface area contributed by atoms with E-state index in [0.717, 1.165) is 31.5 Å². The summed E-state index contributed by atoms with van der Waals surface area (Å²) in [6.45, 7) is 4.21. The van der Waals surface area contributed by atoms with Crippen LogP contribution < -0.4 is 11.1 Å². The van der Waals surface area contributed by atoms with Crippen LogP contribution in [0.2, 0.25) is 10.0 Å². The molecule has 1 aliphatic rings. The van der Waals surface area contributed by atoms with Gasteiger partial charge in [-0.15, -0.1) is 0 Å². The molecular formula is C15H21Cl2N3O. The van der Waals surface area contributed by atoms with Crippen LogP contribution in [0, 0.1) is 0 Å². The normalized spacial score (nSPS) is 18.6. The van der Waals surface area contributed by atoms with Crippen LogP contribution in [0.5, 0.6) is 0 Å². The zero-order valence-corrected chi connectivity index (χ0v) is 13.6. The first kappa shape index (κ1) is 16.6. The number of nitrogens with two attached hydrogens (primary N) is 1. The summed E-state index contributed by atoms with van der Waals surface area (Å²) in [6, 6.07) is 6.26. The van der Waals surface area contributed by atoms with Crippen LogP contribution >= 0.6 is 23.2 Å². The van der Waals surface area contributed by atoms with Gasteiger partial charge in [0, 0.05) is 25.2 Å². The molecule has 1 fully saturated rings. The van der Waals surface area contributed by atoms with Gasteiger partial charge in [0.25, 0.3) is 0 Å². The summed E-state index contributed by atoms with van der Waals surface area (Å²) in [6.07, 6.45) is 1.99. The maximum absolute atomic E-state index is 10.9. The SMILES string of the molecule is CC(NC1CCN(CC(N)=O)CC1)c1cccc(Cl)c1Cl. The highest BCUT2D eigenvalue weighted by Gasteiger charge is 2.22. The molecule has 2 rings (SSSR count). The highest BCUT2D eigenvalue weighted by molar-refractivity contribution is 6.42. The lowest BCUT2D eigenvalue weighted by Gasteiger charge is -2.33. The second-order valence-electron chi connectivity index (χ2n) is 5.55. The Morgan fingerprint density at radius 2 is 2.10 bits per heavy atom. The third kappa shape index (κ3) is 4.58. The molecule has 1 amide bonds. The number of hydrogen-bond acceptors (Lipinski definition) is 3. The molecule has 1 heterocycles. The molecule has 0 saturated carbocycles. The number of piperidine rings is 1. The van der Waals surface area contributed by atoms with Crippen molar-refractivity contribution in [2.24, 2.45) is 5.73 Å². The van der Waals surface area contributed by atoms with E-state index in [1.807, 2.05) is 12.1 Å². The van der Waals surface area contributed by atoms with Gasteiger partial charge in [-0.05, 0) is 31.4 Å². The van der Waals surface area contributed by atoms with E-state index < -0.39 is 0 Å². The van der Waals surface area contributed by atoms with Gasteiger partial charge in [-0.1, -0.05) is 35.3 Å². The van der Waals surface area contributed by atoms with Gasteiger partial charge in [-0.2, -0.15) is 0 Å². The largest absolute Gasteiger partial charge is 0.369 e. The molecule has 0 aliphatic carbocycles. The number of benzene rings is 1. The van der Waals surface area contributed by atoms with E-state index in [4.69, 9.17) is 28.9 Å². The topological polar surface area (TPSA) is 58.4 Å². The predicted molar refractivity (Wildman–Crippen MR) is 86.7 cm³/mol. The van der Waals surface area contributed by atoms with Crippen LogP contribution in [0.4, 0.5) is 0 Å². The number of primary amides is 1. The molecule has 4 nitrogen and oxygen atoms in total. The number of hydrogen-bond donors (Lipinski definition) is 2. The Bertz CT molecular complexity index is 502. The number of carbonyl (C=O) groups is 1. The Morgan fingerprint density at radius 1 is 1.43 bits per heavy atom. The van der Waals surface area contributed by atoms with Crippen LogP contribution in [-0.4, -0.2) is 36.5 Å². The second kappa shape index (κ2) is 7.45. The minimum Gasteiger partial charge on any atom is -0.369 e. The van der Waals surface area contributed by atoms with E-state index in [0.29, 0.717) is 22.6 Å². The fraction of sp³-hybridized carbons (Fsp3) is 0.533. The third-order valence-corrected chi connectivity index (χ3v) is 4.73. The number of nitrogens with one attached hydrogen (secondary N) is 1. The molecule has 21 heavy (non-hydrogen) atoms.